The first-order valence-corrected chi connectivity index (χ1v) is 12.9. The maximum atomic E-state index is 14.6. The van der Waals surface area contributed by atoms with Gasteiger partial charge in [-0.15, -0.1) is 5.10 Å². The molecular formula is C24H14Cl2F4N4O3S. The molecule has 5 rings (SSSR count). The number of hydrogen-bond donors (Lipinski definition) is 1. The van der Waals surface area contributed by atoms with Crippen molar-refractivity contribution in [3.63, 3.8) is 0 Å². The summed E-state index contributed by atoms with van der Waals surface area (Å²) >= 11 is 12.3. The van der Waals surface area contributed by atoms with Crippen LogP contribution in [0.5, 0.6) is 0 Å². The maximum absolute atomic E-state index is 14.6. The minimum atomic E-state index is -4.79. The van der Waals surface area contributed by atoms with E-state index < -0.39 is 44.2 Å². The van der Waals surface area contributed by atoms with Crippen molar-refractivity contribution < 1.29 is 30.4 Å². The van der Waals surface area contributed by atoms with Gasteiger partial charge in [-0.05, 0) is 42.3 Å². The summed E-state index contributed by atoms with van der Waals surface area (Å²) < 4.78 is 89.5. The fraction of sp³-hybridized carbons (Fsp3) is 0.0833. The van der Waals surface area contributed by atoms with Crippen LogP contribution >= 0.6 is 23.2 Å². The summed E-state index contributed by atoms with van der Waals surface area (Å²) in [5, 5.41) is 8.79. The number of fused-ring (bicyclic) bond motifs is 1. The molecule has 0 saturated carbocycles. The molecule has 0 aliphatic carbocycles. The highest BCUT2D eigenvalue weighted by atomic mass is 35.5. The standard InChI is InChI=1S/C24H14Cl2F4N4O3S/c1-11-9-34(10-12-2-3-13(25)4-17(12)26)22-15(11)5-14(27)6-16(22)23-31-32-24(37-23)33-38(35,36)21-8-19(29)18(28)7-20(21)30/h2-9H,10H2,1H3,(H,32,33). The van der Waals surface area contributed by atoms with Crippen molar-refractivity contribution in [2.75, 3.05) is 4.72 Å². The number of aryl methyl sites for hydroxylation is 1. The smallest absolute Gasteiger partial charge is 0.330 e. The molecule has 38 heavy (non-hydrogen) atoms. The predicted octanol–water partition coefficient (Wildman–Crippen LogP) is 6.71. The number of benzene rings is 3. The van der Waals surface area contributed by atoms with Crippen molar-refractivity contribution in [2.45, 2.75) is 18.4 Å². The molecular weight excluding hydrogens is 571 g/mol. The van der Waals surface area contributed by atoms with E-state index in [0.29, 0.717) is 20.9 Å². The first-order valence-electron chi connectivity index (χ1n) is 10.7. The average molecular weight is 585 g/mol. The Morgan fingerprint density at radius 3 is 2.45 bits per heavy atom. The van der Waals surface area contributed by atoms with Gasteiger partial charge in [0.2, 0.25) is 0 Å². The van der Waals surface area contributed by atoms with Crippen LogP contribution in [-0.4, -0.2) is 23.2 Å². The molecule has 1 N–H and O–H groups in total. The Bertz CT molecular complexity index is 1840. The number of halogens is 6. The molecule has 2 heterocycles. The number of hydrogen-bond acceptors (Lipinski definition) is 5. The van der Waals surface area contributed by atoms with E-state index in [-0.39, 0.29) is 30.1 Å². The molecule has 0 aliphatic heterocycles. The molecule has 196 valence electrons. The normalized spacial score (nSPS) is 11.9. The van der Waals surface area contributed by atoms with Crippen molar-refractivity contribution in [1.29, 1.82) is 0 Å². The number of nitrogens with zero attached hydrogens (tertiary/aromatic N) is 3. The van der Waals surface area contributed by atoms with E-state index in [0.717, 1.165) is 17.2 Å². The molecule has 0 atom stereocenters. The Labute approximate surface area is 222 Å². The lowest BCUT2D eigenvalue weighted by atomic mass is 10.1. The SMILES string of the molecule is Cc1cn(Cc2ccc(Cl)cc2Cl)c2c(-c3nnc(NS(=O)(=O)c4cc(F)c(F)cc4F)o3)cc(F)cc12. The maximum Gasteiger partial charge on any atom is 0.330 e. The predicted molar refractivity (Wildman–Crippen MR) is 133 cm³/mol. The Morgan fingerprint density at radius 2 is 1.71 bits per heavy atom. The van der Waals surface area contributed by atoms with Gasteiger partial charge in [-0.1, -0.05) is 34.4 Å². The molecule has 0 unspecified atom stereocenters. The van der Waals surface area contributed by atoms with Crippen LogP contribution in [0.4, 0.5) is 23.6 Å². The topological polar surface area (TPSA) is 90.0 Å². The molecule has 0 bridgehead atoms. The molecule has 0 fully saturated rings. The number of rotatable bonds is 6. The molecule has 5 aromatic rings. The lowest BCUT2D eigenvalue weighted by molar-refractivity contribution is 0.482. The molecule has 7 nitrogen and oxygen atoms in total. The van der Waals surface area contributed by atoms with Crippen LogP contribution in [0.25, 0.3) is 22.4 Å². The molecule has 2 aromatic heterocycles. The Hall–Kier alpha value is -3.61. The van der Waals surface area contributed by atoms with Gasteiger partial charge >= 0.3 is 6.01 Å². The van der Waals surface area contributed by atoms with E-state index in [2.05, 4.69) is 10.2 Å². The van der Waals surface area contributed by atoms with E-state index in [1.807, 2.05) is 4.72 Å². The second-order valence-electron chi connectivity index (χ2n) is 8.24. The van der Waals surface area contributed by atoms with Gasteiger partial charge in [-0.25, -0.2) is 30.7 Å². The van der Waals surface area contributed by atoms with Crippen LogP contribution in [0.15, 0.2) is 58.0 Å². The van der Waals surface area contributed by atoms with Crippen LogP contribution in [0.3, 0.4) is 0 Å². The van der Waals surface area contributed by atoms with Gasteiger partial charge in [0.1, 0.15) is 16.5 Å². The van der Waals surface area contributed by atoms with Gasteiger partial charge in [0.05, 0.1) is 11.1 Å². The zero-order valence-electron chi connectivity index (χ0n) is 19.1. The Kier molecular flexibility index (Phi) is 6.58. The summed E-state index contributed by atoms with van der Waals surface area (Å²) in [5.74, 6) is -5.55. The fourth-order valence-electron chi connectivity index (χ4n) is 3.95. The summed E-state index contributed by atoms with van der Waals surface area (Å²) in [6.07, 6.45) is 1.77. The second-order valence-corrected chi connectivity index (χ2v) is 10.7. The highest BCUT2D eigenvalue weighted by molar-refractivity contribution is 7.92. The van der Waals surface area contributed by atoms with Crippen LogP contribution in [-0.2, 0) is 16.6 Å². The third-order valence-electron chi connectivity index (χ3n) is 5.63. The van der Waals surface area contributed by atoms with E-state index in [1.54, 1.807) is 35.9 Å². The van der Waals surface area contributed by atoms with Gasteiger partial charge in [0.25, 0.3) is 15.9 Å². The zero-order valence-corrected chi connectivity index (χ0v) is 21.4. The van der Waals surface area contributed by atoms with E-state index in [9.17, 15) is 26.0 Å². The number of sulfonamides is 1. The van der Waals surface area contributed by atoms with Gasteiger partial charge < -0.3 is 8.98 Å². The van der Waals surface area contributed by atoms with Gasteiger partial charge in [-0.2, -0.15) is 0 Å². The second kappa shape index (κ2) is 9.61. The van der Waals surface area contributed by atoms with Crippen LogP contribution in [0.2, 0.25) is 10.0 Å². The molecule has 0 aliphatic rings. The van der Waals surface area contributed by atoms with Crippen molar-refractivity contribution in [2.24, 2.45) is 0 Å². The zero-order chi connectivity index (χ0) is 27.4. The molecule has 14 heteroatoms. The first kappa shape index (κ1) is 26.0. The lowest BCUT2D eigenvalue weighted by Gasteiger charge is -2.10. The quantitative estimate of drug-likeness (QED) is 0.177. The van der Waals surface area contributed by atoms with Gasteiger partial charge in [-0.3, -0.25) is 0 Å². The average Bonchev–Trinajstić information content (AvgIpc) is 3.41. The highest BCUT2D eigenvalue weighted by Crippen LogP contribution is 2.34. The number of aromatic nitrogens is 3. The summed E-state index contributed by atoms with van der Waals surface area (Å²) in [5.41, 5.74) is 2.06. The van der Waals surface area contributed by atoms with Crippen molar-refractivity contribution in [3.05, 3.63) is 93.1 Å². The van der Waals surface area contributed by atoms with E-state index >= 15 is 0 Å². The van der Waals surface area contributed by atoms with Crippen LogP contribution in [0.1, 0.15) is 11.1 Å². The summed E-state index contributed by atoms with van der Waals surface area (Å²) in [7, 11) is -4.79. The monoisotopic (exact) mass is 584 g/mol. The molecule has 0 spiro atoms. The minimum Gasteiger partial charge on any atom is -0.403 e. The lowest BCUT2D eigenvalue weighted by Crippen LogP contribution is -2.15. The van der Waals surface area contributed by atoms with Crippen molar-refractivity contribution >= 4 is 50.1 Å². The van der Waals surface area contributed by atoms with Crippen molar-refractivity contribution in [3.8, 4) is 11.5 Å². The Morgan fingerprint density at radius 1 is 0.974 bits per heavy atom. The van der Waals surface area contributed by atoms with Gasteiger partial charge in [0, 0.05) is 40.3 Å². The molecule has 0 radical (unpaired) electrons. The number of nitrogens with one attached hydrogen (secondary N) is 1. The fourth-order valence-corrected chi connectivity index (χ4v) is 5.42. The largest absolute Gasteiger partial charge is 0.403 e. The minimum absolute atomic E-state index is 0.0933. The van der Waals surface area contributed by atoms with E-state index in [4.69, 9.17) is 27.6 Å². The third-order valence-corrected chi connectivity index (χ3v) is 7.56. The van der Waals surface area contributed by atoms with Crippen molar-refractivity contribution in [1.82, 2.24) is 14.8 Å². The van der Waals surface area contributed by atoms with Crippen LogP contribution < -0.4 is 4.72 Å². The molecule has 3 aromatic carbocycles. The van der Waals surface area contributed by atoms with Gasteiger partial charge in [0.15, 0.2) is 11.6 Å². The highest BCUT2D eigenvalue weighted by Gasteiger charge is 2.25. The summed E-state index contributed by atoms with van der Waals surface area (Å²) in [4.78, 5) is -1.17. The summed E-state index contributed by atoms with van der Waals surface area (Å²) in [6.45, 7) is 2.04. The Balaban J connectivity index is 1.55. The first-order chi connectivity index (χ1) is 17.9. The molecule has 0 saturated heterocycles. The van der Waals surface area contributed by atoms with E-state index in [1.165, 1.54) is 6.07 Å². The number of anilines is 1. The molecule has 0 amide bonds. The summed E-state index contributed by atoms with van der Waals surface area (Å²) in [6, 6.07) is 7.01. The van der Waals surface area contributed by atoms with Crippen LogP contribution in [0, 0.1) is 30.2 Å². The third kappa shape index (κ3) is 4.82.